The molecule has 0 aromatic heterocycles. The molecule has 19 heavy (non-hydrogen) atoms. The van der Waals surface area contributed by atoms with Crippen LogP contribution in [0.3, 0.4) is 0 Å². The molecular formula is C16H25ClN2. The molecular weight excluding hydrogens is 256 g/mol. The van der Waals surface area contributed by atoms with E-state index in [1.165, 1.54) is 30.5 Å². The zero-order valence-electron chi connectivity index (χ0n) is 12.2. The summed E-state index contributed by atoms with van der Waals surface area (Å²) in [5.41, 5.74) is 2.48. The van der Waals surface area contributed by atoms with E-state index < -0.39 is 0 Å². The maximum absolute atomic E-state index is 6.34. The lowest BCUT2D eigenvalue weighted by Crippen LogP contribution is -2.39. The van der Waals surface area contributed by atoms with Crippen LogP contribution >= 0.6 is 11.6 Å². The molecule has 1 saturated heterocycles. The second-order valence-corrected chi connectivity index (χ2v) is 6.33. The molecule has 0 radical (unpaired) electrons. The quantitative estimate of drug-likeness (QED) is 0.886. The largest absolute Gasteiger partial charge is 0.313 e. The highest BCUT2D eigenvalue weighted by Gasteiger charge is 2.24. The maximum atomic E-state index is 6.34. The van der Waals surface area contributed by atoms with Crippen LogP contribution in [0.2, 0.25) is 5.02 Å². The van der Waals surface area contributed by atoms with Gasteiger partial charge in [-0.25, -0.2) is 0 Å². The molecule has 2 nitrogen and oxygen atoms in total. The van der Waals surface area contributed by atoms with Crippen LogP contribution in [0.4, 0.5) is 0 Å². The highest BCUT2D eigenvalue weighted by atomic mass is 35.5. The van der Waals surface area contributed by atoms with E-state index in [1.807, 2.05) is 0 Å². The standard InChI is InChI=1S/C16H25ClN2/c1-12(2)18-10-15-5-4-8-19(15)11-14-7-6-13(3)9-16(14)17/h6-7,9,12,15,18H,4-5,8,10-11H2,1-3H3. The summed E-state index contributed by atoms with van der Waals surface area (Å²) in [7, 11) is 0. The minimum absolute atomic E-state index is 0.561. The lowest BCUT2D eigenvalue weighted by Gasteiger charge is -2.26. The van der Waals surface area contributed by atoms with Crippen molar-refractivity contribution in [2.24, 2.45) is 0 Å². The molecule has 1 heterocycles. The number of rotatable bonds is 5. The Hall–Kier alpha value is -0.570. The summed E-state index contributed by atoms with van der Waals surface area (Å²) in [4.78, 5) is 2.56. The predicted octanol–water partition coefficient (Wildman–Crippen LogP) is 3.61. The predicted molar refractivity (Wildman–Crippen MR) is 82.8 cm³/mol. The fourth-order valence-corrected chi connectivity index (χ4v) is 3.00. The van der Waals surface area contributed by atoms with Crippen molar-refractivity contribution in [3.8, 4) is 0 Å². The van der Waals surface area contributed by atoms with Gasteiger partial charge in [0.1, 0.15) is 0 Å². The van der Waals surface area contributed by atoms with Gasteiger partial charge in [-0.3, -0.25) is 4.90 Å². The van der Waals surface area contributed by atoms with E-state index in [-0.39, 0.29) is 0 Å². The third kappa shape index (κ3) is 4.20. The van der Waals surface area contributed by atoms with Crippen LogP contribution in [0.1, 0.15) is 37.8 Å². The van der Waals surface area contributed by atoms with Crippen LogP contribution in [-0.2, 0) is 6.54 Å². The third-order valence-electron chi connectivity index (χ3n) is 3.84. The van der Waals surface area contributed by atoms with Gasteiger partial charge in [0.15, 0.2) is 0 Å². The fourth-order valence-electron chi connectivity index (χ4n) is 2.71. The number of nitrogens with one attached hydrogen (secondary N) is 1. The Balaban J connectivity index is 1.97. The third-order valence-corrected chi connectivity index (χ3v) is 4.19. The molecule has 1 fully saturated rings. The Morgan fingerprint density at radius 2 is 2.21 bits per heavy atom. The lowest BCUT2D eigenvalue weighted by atomic mass is 10.1. The Kier molecular flexibility index (Phi) is 5.26. The summed E-state index contributed by atoms with van der Waals surface area (Å²) >= 11 is 6.34. The normalized spacial score (nSPS) is 20.4. The summed E-state index contributed by atoms with van der Waals surface area (Å²) in [5.74, 6) is 0. The van der Waals surface area contributed by atoms with Crippen molar-refractivity contribution in [3.63, 3.8) is 0 Å². The lowest BCUT2D eigenvalue weighted by molar-refractivity contribution is 0.236. The Labute approximate surface area is 122 Å². The zero-order valence-corrected chi connectivity index (χ0v) is 13.0. The van der Waals surface area contributed by atoms with Gasteiger partial charge in [-0.15, -0.1) is 0 Å². The monoisotopic (exact) mass is 280 g/mol. The fraction of sp³-hybridized carbons (Fsp3) is 0.625. The SMILES string of the molecule is Cc1ccc(CN2CCCC2CNC(C)C)c(Cl)c1. The van der Waals surface area contributed by atoms with E-state index >= 15 is 0 Å². The van der Waals surface area contributed by atoms with Crippen molar-refractivity contribution in [1.82, 2.24) is 10.2 Å². The van der Waals surface area contributed by atoms with Gasteiger partial charge in [0.05, 0.1) is 0 Å². The Morgan fingerprint density at radius 3 is 2.89 bits per heavy atom. The summed E-state index contributed by atoms with van der Waals surface area (Å²) in [6.07, 6.45) is 2.59. The van der Waals surface area contributed by atoms with E-state index in [9.17, 15) is 0 Å². The van der Waals surface area contributed by atoms with Gasteiger partial charge in [0, 0.05) is 30.2 Å². The molecule has 0 spiro atoms. The first kappa shape index (κ1) is 14.8. The van der Waals surface area contributed by atoms with Crippen molar-refractivity contribution in [2.45, 2.75) is 52.2 Å². The number of likely N-dealkylation sites (tertiary alicyclic amines) is 1. The molecule has 0 aliphatic carbocycles. The molecule has 1 aromatic carbocycles. The topological polar surface area (TPSA) is 15.3 Å². The molecule has 3 heteroatoms. The van der Waals surface area contributed by atoms with Crippen molar-refractivity contribution in [3.05, 3.63) is 34.3 Å². The van der Waals surface area contributed by atoms with Crippen molar-refractivity contribution >= 4 is 11.6 Å². The van der Waals surface area contributed by atoms with E-state index in [0.29, 0.717) is 12.1 Å². The Bertz CT molecular complexity index is 417. The average molecular weight is 281 g/mol. The number of aryl methyl sites for hydroxylation is 1. The van der Waals surface area contributed by atoms with Gasteiger partial charge in [-0.2, -0.15) is 0 Å². The summed E-state index contributed by atoms with van der Waals surface area (Å²) in [6.45, 7) is 9.74. The number of benzene rings is 1. The molecule has 0 bridgehead atoms. The van der Waals surface area contributed by atoms with E-state index in [4.69, 9.17) is 11.6 Å². The highest BCUT2D eigenvalue weighted by molar-refractivity contribution is 6.31. The van der Waals surface area contributed by atoms with E-state index in [1.54, 1.807) is 0 Å². The van der Waals surface area contributed by atoms with Gasteiger partial charge >= 0.3 is 0 Å². The van der Waals surface area contributed by atoms with E-state index in [2.05, 4.69) is 49.2 Å². The van der Waals surface area contributed by atoms with Crippen molar-refractivity contribution in [1.29, 1.82) is 0 Å². The number of halogens is 1. The molecule has 1 aliphatic rings. The van der Waals surface area contributed by atoms with Crippen LogP contribution in [0.15, 0.2) is 18.2 Å². The van der Waals surface area contributed by atoms with Gasteiger partial charge in [0.2, 0.25) is 0 Å². The van der Waals surface area contributed by atoms with Crippen LogP contribution in [0.5, 0.6) is 0 Å². The first-order valence-corrected chi connectivity index (χ1v) is 7.66. The first-order chi connectivity index (χ1) is 9.06. The van der Waals surface area contributed by atoms with Gasteiger partial charge in [-0.1, -0.05) is 37.6 Å². The van der Waals surface area contributed by atoms with Crippen LogP contribution in [0.25, 0.3) is 0 Å². The summed E-state index contributed by atoms with van der Waals surface area (Å²) < 4.78 is 0. The number of hydrogen-bond donors (Lipinski definition) is 1. The average Bonchev–Trinajstić information content (AvgIpc) is 2.77. The molecule has 1 aliphatic heterocycles. The van der Waals surface area contributed by atoms with Gasteiger partial charge in [0.25, 0.3) is 0 Å². The molecule has 1 atom stereocenters. The van der Waals surface area contributed by atoms with Crippen LogP contribution in [-0.4, -0.2) is 30.1 Å². The van der Waals surface area contributed by atoms with Gasteiger partial charge < -0.3 is 5.32 Å². The Morgan fingerprint density at radius 1 is 1.42 bits per heavy atom. The highest BCUT2D eigenvalue weighted by Crippen LogP contribution is 2.24. The number of hydrogen-bond acceptors (Lipinski definition) is 2. The minimum Gasteiger partial charge on any atom is -0.313 e. The van der Waals surface area contributed by atoms with Gasteiger partial charge in [-0.05, 0) is 43.5 Å². The second-order valence-electron chi connectivity index (χ2n) is 5.92. The van der Waals surface area contributed by atoms with Crippen LogP contribution in [0, 0.1) is 6.92 Å². The summed E-state index contributed by atoms with van der Waals surface area (Å²) in [6, 6.07) is 7.60. The molecule has 0 amide bonds. The molecule has 0 saturated carbocycles. The molecule has 1 aromatic rings. The van der Waals surface area contributed by atoms with E-state index in [0.717, 1.165) is 18.1 Å². The molecule has 2 rings (SSSR count). The second kappa shape index (κ2) is 6.74. The summed E-state index contributed by atoms with van der Waals surface area (Å²) in [5, 5.41) is 4.46. The molecule has 106 valence electrons. The van der Waals surface area contributed by atoms with Crippen molar-refractivity contribution < 1.29 is 0 Å². The van der Waals surface area contributed by atoms with Crippen molar-refractivity contribution in [2.75, 3.05) is 13.1 Å². The molecule has 1 unspecified atom stereocenters. The zero-order chi connectivity index (χ0) is 13.8. The molecule has 1 N–H and O–H groups in total. The smallest absolute Gasteiger partial charge is 0.0453 e. The number of nitrogens with zero attached hydrogens (tertiary/aromatic N) is 1. The maximum Gasteiger partial charge on any atom is 0.0453 e. The minimum atomic E-state index is 0.561. The first-order valence-electron chi connectivity index (χ1n) is 7.28. The van der Waals surface area contributed by atoms with Crippen LogP contribution < -0.4 is 5.32 Å².